The number of benzene rings is 2. The molecular formula is C23H20BrFN2O4. The van der Waals surface area contributed by atoms with Gasteiger partial charge in [-0.25, -0.2) is 9.18 Å². The number of ether oxygens (including phenoxy) is 2. The summed E-state index contributed by atoms with van der Waals surface area (Å²) in [5.74, 6) is -1.41. The Labute approximate surface area is 188 Å². The van der Waals surface area contributed by atoms with Gasteiger partial charge in [-0.2, -0.15) is 5.26 Å². The number of hydrogen-bond donors (Lipinski definition) is 1. The maximum Gasteiger partial charge on any atom is 0.344 e. The Kier molecular flexibility index (Phi) is 8.97. The Bertz CT molecular complexity index is 1060. The van der Waals surface area contributed by atoms with Crippen LogP contribution in [0.5, 0.6) is 5.75 Å². The van der Waals surface area contributed by atoms with Gasteiger partial charge in [-0.05, 0) is 70.7 Å². The lowest BCUT2D eigenvalue weighted by molar-refractivity contribution is -0.145. The quantitative estimate of drug-likeness (QED) is 0.238. The molecular weight excluding hydrogens is 467 g/mol. The number of carbonyl (C=O) groups is 2. The Balaban J connectivity index is 2.31. The van der Waals surface area contributed by atoms with Crippen LogP contribution in [0.1, 0.15) is 18.1 Å². The van der Waals surface area contributed by atoms with Gasteiger partial charge in [0.05, 0.1) is 16.8 Å². The van der Waals surface area contributed by atoms with Crippen LogP contribution in [0.15, 0.2) is 59.1 Å². The van der Waals surface area contributed by atoms with E-state index in [0.717, 1.165) is 0 Å². The first kappa shape index (κ1) is 23.8. The summed E-state index contributed by atoms with van der Waals surface area (Å²) in [6.07, 6.45) is 3.45. The van der Waals surface area contributed by atoms with Gasteiger partial charge in [0.25, 0.3) is 5.91 Å². The fourth-order valence-electron chi connectivity index (χ4n) is 2.63. The van der Waals surface area contributed by atoms with E-state index in [2.05, 4.69) is 27.8 Å². The number of halogens is 2. The second-order valence-corrected chi connectivity index (χ2v) is 7.04. The summed E-state index contributed by atoms with van der Waals surface area (Å²) in [5.41, 5.74) is 0.990. The number of hydrogen-bond acceptors (Lipinski definition) is 5. The third-order valence-electron chi connectivity index (χ3n) is 3.94. The fraction of sp³-hybridized carbons (Fsp3) is 0.174. The molecule has 2 aromatic carbocycles. The van der Waals surface area contributed by atoms with Gasteiger partial charge in [-0.1, -0.05) is 18.2 Å². The van der Waals surface area contributed by atoms with E-state index in [1.165, 1.54) is 24.3 Å². The zero-order valence-corrected chi connectivity index (χ0v) is 18.4. The van der Waals surface area contributed by atoms with Gasteiger partial charge in [-0.15, -0.1) is 6.58 Å². The van der Waals surface area contributed by atoms with Crippen LogP contribution in [-0.4, -0.2) is 25.1 Å². The molecule has 0 fully saturated rings. The lowest BCUT2D eigenvalue weighted by Gasteiger charge is -2.13. The van der Waals surface area contributed by atoms with Crippen molar-refractivity contribution in [3.05, 3.63) is 76.0 Å². The summed E-state index contributed by atoms with van der Waals surface area (Å²) in [6.45, 7) is 5.40. The number of carbonyl (C=O) groups excluding carboxylic acids is 2. The summed E-state index contributed by atoms with van der Waals surface area (Å²) < 4.78 is 24.7. The monoisotopic (exact) mass is 486 g/mol. The summed E-state index contributed by atoms with van der Waals surface area (Å²) in [4.78, 5) is 24.0. The van der Waals surface area contributed by atoms with Crippen LogP contribution in [0.25, 0.3) is 6.08 Å². The zero-order chi connectivity index (χ0) is 22.8. The topological polar surface area (TPSA) is 88.4 Å². The van der Waals surface area contributed by atoms with Crippen molar-refractivity contribution in [2.45, 2.75) is 13.3 Å². The molecule has 0 saturated heterocycles. The predicted octanol–water partition coefficient (Wildman–Crippen LogP) is 4.80. The minimum Gasteiger partial charge on any atom is -0.480 e. The van der Waals surface area contributed by atoms with Crippen LogP contribution in [0.4, 0.5) is 10.1 Å². The van der Waals surface area contributed by atoms with Crippen molar-refractivity contribution in [2.75, 3.05) is 18.5 Å². The molecule has 1 N–H and O–H groups in total. The number of esters is 1. The van der Waals surface area contributed by atoms with Crippen molar-refractivity contribution in [3.63, 3.8) is 0 Å². The fourth-order valence-corrected chi connectivity index (χ4v) is 3.26. The molecule has 2 aromatic rings. The molecule has 0 aliphatic carbocycles. The van der Waals surface area contributed by atoms with E-state index < -0.39 is 17.7 Å². The van der Waals surface area contributed by atoms with Crippen LogP contribution in [0.3, 0.4) is 0 Å². The summed E-state index contributed by atoms with van der Waals surface area (Å²) in [6, 6.07) is 10.9. The molecule has 0 aromatic heterocycles. The molecule has 6 nitrogen and oxygen atoms in total. The second kappa shape index (κ2) is 11.7. The standard InChI is InChI=1S/C23H20BrFN2O4/c1-3-7-16-10-15(12-18(24)22(16)31-14-21(28)30-4-2)11-17(13-26)23(29)27-20-9-6-5-8-19(20)25/h3,5-6,8-12H,1,4,7,14H2,2H3,(H,27,29)/b17-11-. The normalized spacial score (nSPS) is 10.7. The highest BCUT2D eigenvalue weighted by atomic mass is 79.9. The molecule has 0 radical (unpaired) electrons. The van der Waals surface area contributed by atoms with Gasteiger partial charge < -0.3 is 14.8 Å². The number of anilines is 1. The molecule has 0 spiro atoms. The number of para-hydroxylation sites is 1. The van der Waals surface area contributed by atoms with Gasteiger partial charge in [0.15, 0.2) is 6.61 Å². The second-order valence-electron chi connectivity index (χ2n) is 6.18. The summed E-state index contributed by atoms with van der Waals surface area (Å²) in [5, 5.41) is 11.8. The first-order valence-corrected chi connectivity index (χ1v) is 10.1. The molecule has 0 unspecified atom stereocenters. The Morgan fingerprint density at radius 1 is 1.32 bits per heavy atom. The van der Waals surface area contributed by atoms with E-state index in [0.29, 0.717) is 27.8 Å². The lowest BCUT2D eigenvalue weighted by atomic mass is 10.0. The molecule has 0 saturated carbocycles. The van der Waals surface area contributed by atoms with E-state index in [9.17, 15) is 19.2 Å². The van der Waals surface area contributed by atoms with E-state index in [1.807, 2.05) is 6.07 Å². The van der Waals surface area contributed by atoms with Gasteiger partial charge in [0.1, 0.15) is 23.2 Å². The van der Waals surface area contributed by atoms with Crippen molar-refractivity contribution < 1.29 is 23.5 Å². The third kappa shape index (κ3) is 6.79. The number of rotatable bonds is 9. The SMILES string of the molecule is C=CCc1cc(/C=C(/C#N)C(=O)Nc2ccccc2F)cc(Br)c1OCC(=O)OCC. The van der Waals surface area contributed by atoms with Crippen molar-refractivity contribution in [1.82, 2.24) is 0 Å². The molecule has 0 aliphatic heterocycles. The van der Waals surface area contributed by atoms with Gasteiger partial charge in [0.2, 0.25) is 0 Å². The van der Waals surface area contributed by atoms with Crippen molar-refractivity contribution in [1.29, 1.82) is 5.26 Å². The summed E-state index contributed by atoms with van der Waals surface area (Å²) in [7, 11) is 0. The molecule has 160 valence electrons. The lowest BCUT2D eigenvalue weighted by Crippen LogP contribution is -2.15. The molecule has 8 heteroatoms. The van der Waals surface area contributed by atoms with Gasteiger partial charge in [0, 0.05) is 0 Å². The van der Waals surface area contributed by atoms with Gasteiger partial charge in [-0.3, -0.25) is 4.79 Å². The van der Waals surface area contributed by atoms with Crippen LogP contribution in [-0.2, 0) is 20.7 Å². The highest BCUT2D eigenvalue weighted by molar-refractivity contribution is 9.10. The van der Waals surface area contributed by atoms with E-state index in [-0.39, 0.29) is 24.5 Å². The Hall–Kier alpha value is -3.44. The van der Waals surface area contributed by atoms with Crippen LogP contribution >= 0.6 is 15.9 Å². The molecule has 0 bridgehead atoms. The van der Waals surface area contributed by atoms with Crippen molar-refractivity contribution >= 4 is 39.6 Å². The maximum atomic E-state index is 13.8. The number of nitrogens with one attached hydrogen (secondary N) is 1. The van der Waals surface area contributed by atoms with Crippen LogP contribution in [0, 0.1) is 17.1 Å². The zero-order valence-electron chi connectivity index (χ0n) is 16.8. The molecule has 31 heavy (non-hydrogen) atoms. The minimum atomic E-state index is -0.739. The van der Waals surface area contributed by atoms with Crippen molar-refractivity contribution in [3.8, 4) is 11.8 Å². The largest absolute Gasteiger partial charge is 0.480 e. The average molecular weight is 487 g/mol. The highest BCUT2D eigenvalue weighted by Crippen LogP contribution is 2.32. The maximum absolute atomic E-state index is 13.8. The highest BCUT2D eigenvalue weighted by Gasteiger charge is 2.15. The number of nitrogens with zero attached hydrogens (tertiary/aromatic N) is 1. The van der Waals surface area contributed by atoms with E-state index in [4.69, 9.17) is 9.47 Å². The molecule has 0 atom stereocenters. The average Bonchev–Trinajstić information content (AvgIpc) is 2.73. The number of allylic oxidation sites excluding steroid dienone is 1. The Morgan fingerprint density at radius 2 is 2.06 bits per heavy atom. The van der Waals surface area contributed by atoms with E-state index in [1.54, 1.807) is 31.2 Å². The number of nitriles is 1. The Morgan fingerprint density at radius 3 is 2.71 bits per heavy atom. The number of amides is 1. The molecule has 0 aliphatic rings. The van der Waals surface area contributed by atoms with E-state index >= 15 is 0 Å². The smallest absolute Gasteiger partial charge is 0.344 e. The first-order chi connectivity index (χ1) is 14.9. The third-order valence-corrected chi connectivity index (χ3v) is 4.53. The predicted molar refractivity (Wildman–Crippen MR) is 119 cm³/mol. The molecule has 2 rings (SSSR count). The minimum absolute atomic E-state index is 0.0232. The molecule has 1 amide bonds. The summed E-state index contributed by atoms with van der Waals surface area (Å²) >= 11 is 3.40. The first-order valence-electron chi connectivity index (χ1n) is 9.29. The van der Waals surface area contributed by atoms with Crippen LogP contribution in [0.2, 0.25) is 0 Å². The van der Waals surface area contributed by atoms with Crippen molar-refractivity contribution in [2.24, 2.45) is 0 Å². The van der Waals surface area contributed by atoms with Crippen LogP contribution < -0.4 is 10.1 Å². The van der Waals surface area contributed by atoms with Gasteiger partial charge >= 0.3 is 5.97 Å². The molecule has 0 heterocycles.